The molecular weight excluding hydrogens is 452 g/mol. The molecule has 0 saturated carbocycles. The first-order chi connectivity index (χ1) is 18.3. The van der Waals surface area contributed by atoms with E-state index >= 15 is 0 Å². The van der Waals surface area contributed by atoms with Gasteiger partial charge in [-0.05, 0) is 23.3 Å². The number of amidine groups is 1. The normalized spacial score (nSPS) is 18.0. The van der Waals surface area contributed by atoms with Gasteiger partial charge in [0, 0.05) is 27.1 Å². The Hall–Kier alpha value is -4.67. The Morgan fingerprint density at radius 2 is 1.22 bits per heavy atom. The zero-order valence-corrected chi connectivity index (χ0v) is 20.1. The van der Waals surface area contributed by atoms with Gasteiger partial charge in [-0.25, -0.2) is 4.99 Å². The lowest BCUT2D eigenvalue weighted by Gasteiger charge is -2.32. The number of hydrogen-bond donors (Lipinski definition) is 2. The van der Waals surface area contributed by atoms with E-state index in [1.807, 2.05) is 6.07 Å². The van der Waals surface area contributed by atoms with Crippen LogP contribution in [0.15, 0.2) is 126 Å². The van der Waals surface area contributed by atoms with Crippen molar-refractivity contribution in [1.29, 1.82) is 0 Å². The Morgan fingerprint density at radius 1 is 0.568 bits per heavy atom. The molecule has 0 aliphatic carbocycles. The SMILES string of the molecule is c1ccc(C2N=C(c3ccc4c5cccc6c7ccccc7n(c4c3)c65)NC(c3ccccc3)N2)cc1. The fourth-order valence-electron chi connectivity index (χ4n) is 5.91. The Bertz CT molecular complexity index is 1940. The van der Waals surface area contributed by atoms with E-state index in [1.54, 1.807) is 0 Å². The van der Waals surface area contributed by atoms with Crippen LogP contribution < -0.4 is 10.6 Å². The van der Waals surface area contributed by atoms with E-state index in [0.717, 1.165) is 17.0 Å². The van der Waals surface area contributed by atoms with Crippen LogP contribution in [0.5, 0.6) is 0 Å². The first kappa shape index (κ1) is 20.5. The van der Waals surface area contributed by atoms with Gasteiger partial charge in [0.15, 0.2) is 0 Å². The van der Waals surface area contributed by atoms with Crippen LogP contribution in [-0.2, 0) is 0 Å². The van der Waals surface area contributed by atoms with Crippen molar-refractivity contribution in [1.82, 2.24) is 15.0 Å². The summed E-state index contributed by atoms with van der Waals surface area (Å²) in [5.41, 5.74) is 7.16. The Morgan fingerprint density at radius 3 is 2.00 bits per heavy atom. The van der Waals surface area contributed by atoms with Crippen LogP contribution in [0, 0.1) is 0 Å². The zero-order chi connectivity index (χ0) is 24.3. The summed E-state index contributed by atoms with van der Waals surface area (Å²) >= 11 is 0. The maximum Gasteiger partial charge on any atom is 0.131 e. The number of hydrogen-bond acceptors (Lipinski definition) is 3. The number of rotatable bonds is 3. The molecule has 0 bridgehead atoms. The minimum Gasteiger partial charge on any atom is -0.350 e. The number of fused-ring (bicyclic) bond motifs is 6. The van der Waals surface area contributed by atoms with E-state index in [-0.39, 0.29) is 12.3 Å². The molecule has 2 aromatic heterocycles. The van der Waals surface area contributed by atoms with Crippen molar-refractivity contribution >= 4 is 43.9 Å². The van der Waals surface area contributed by atoms with Gasteiger partial charge in [-0.15, -0.1) is 0 Å². The third-order valence-corrected chi connectivity index (χ3v) is 7.61. The molecule has 2 atom stereocenters. The lowest BCUT2D eigenvalue weighted by Crippen LogP contribution is -2.44. The van der Waals surface area contributed by atoms with Crippen molar-refractivity contribution in [2.75, 3.05) is 0 Å². The number of benzene rings is 5. The van der Waals surface area contributed by atoms with Gasteiger partial charge < -0.3 is 9.72 Å². The maximum absolute atomic E-state index is 5.16. The van der Waals surface area contributed by atoms with Crippen LogP contribution in [0.3, 0.4) is 0 Å². The highest BCUT2D eigenvalue weighted by Crippen LogP contribution is 2.39. The third-order valence-electron chi connectivity index (χ3n) is 7.61. The highest BCUT2D eigenvalue weighted by atomic mass is 15.3. The predicted molar refractivity (Wildman–Crippen MR) is 152 cm³/mol. The van der Waals surface area contributed by atoms with Crippen LogP contribution in [0.2, 0.25) is 0 Å². The van der Waals surface area contributed by atoms with Gasteiger partial charge in [0.05, 0.1) is 16.6 Å². The molecule has 5 aromatic carbocycles. The van der Waals surface area contributed by atoms with E-state index in [9.17, 15) is 0 Å². The van der Waals surface area contributed by atoms with Gasteiger partial charge in [0.2, 0.25) is 0 Å². The summed E-state index contributed by atoms with van der Waals surface area (Å²) in [6, 6.07) is 43.0. The third kappa shape index (κ3) is 3.09. The van der Waals surface area contributed by atoms with Gasteiger partial charge >= 0.3 is 0 Å². The van der Waals surface area contributed by atoms with Crippen molar-refractivity contribution < 1.29 is 0 Å². The molecule has 0 fully saturated rings. The summed E-state index contributed by atoms with van der Waals surface area (Å²) in [5.74, 6) is 0.896. The topological polar surface area (TPSA) is 40.8 Å². The quantitative estimate of drug-likeness (QED) is 0.284. The molecule has 2 unspecified atom stereocenters. The molecule has 0 saturated heterocycles. The molecule has 0 radical (unpaired) electrons. The van der Waals surface area contributed by atoms with Gasteiger partial charge in [-0.3, -0.25) is 5.32 Å². The average Bonchev–Trinajstić information content (AvgIpc) is 3.50. The molecule has 1 aliphatic rings. The molecule has 4 nitrogen and oxygen atoms in total. The summed E-state index contributed by atoms with van der Waals surface area (Å²) < 4.78 is 2.42. The smallest absolute Gasteiger partial charge is 0.131 e. The zero-order valence-electron chi connectivity index (χ0n) is 20.1. The Balaban J connectivity index is 1.34. The summed E-state index contributed by atoms with van der Waals surface area (Å²) in [7, 11) is 0. The Kier molecular flexibility index (Phi) is 4.39. The van der Waals surface area contributed by atoms with Crippen molar-refractivity contribution in [3.63, 3.8) is 0 Å². The van der Waals surface area contributed by atoms with E-state index in [2.05, 4.69) is 130 Å². The lowest BCUT2D eigenvalue weighted by molar-refractivity contribution is 0.409. The second kappa shape index (κ2) is 7.92. The van der Waals surface area contributed by atoms with Crippen LogP contribution in [-0.4, -0.2) is 10.2 Å². The fraction of sp³-hybridized carbons (Fsp3) is 0.0606. The minimum atomic E-state index is -0.146. The van der Waals surface area contributed by atoms with Gasteiger partial charge in [0.25, 0.3) is 0 Å². The van der Waals surface area contributed by atoms with Crippen molar-refractivity contribution in [2.45, 2.75) is 12.3 Å². The van der Waals surface area contributed by atoms with Crippen LogP contribution >= 0.6 is 0 Å². The lowest BCUT2D eigenvalue weighted by atomic mass is 10.0. The summed E-state index contributed by atoms with van der Waals surface area (Å²) in [6.45, 7) is 0. The first-order valence-electron chi connectivity index (χ1n) is 12.7. The number of nitrogens with one attached hydrogen (secondary N) is 2. The van der Waals surface area contributed by atoms with E-state index < -0.39 is 0 Å². The van der Waals surface area contributed by atoms with Crippen LogP contribution in [0.1, 0.15) is 29.0 Å². The minimum absolute atomic E-state index is 0.0523. The number of para-hydroxylation sites is 2. The first-order valence-corrected chi connectivity index (χ1v) is 12.7. The molecular formula is C33H24N4. The molecule has 37 heavy (non-hydrogen) atoms. The van der Waals surface area contributed by atoms with Crippen molar-refractivity contribution in [2.24, 2.45) is 4.99 Å². The predicted octanol–water partition coefficient (Wildman–Crippen LogP) is 7.17. The standard InChI is InChI=1S/C33H24N4/c1-3-10-21(11-4-1)31-34-32(22-12-5-2-6-13-22)36-33(35-31)23-18-19-25-27-16-9-15-26-24-14-7-8-17-28(24)37(30(26)27)29(25)20-23/h1-20,31-32,34H,(H,35,36). The summed E-state index contributed by atoms with van der Waals surface area (Å²) in [4.78, 5) is 5.16. The molecule has 0 spiro atoms. The molecule has 176 valence electrons. The highest BCUT2D eigenvalue weighted by Gasteiger charge is 2.26. The van der Waals surface area contributed by atoms with Crippen molar-refractivity contribution in [3.05, 3.63) is 138 Å². The Labute approximate surface area is 214 Å². The van der Waals surface area contributed by atoms with Gasteiger partial charge in [-0.2, -0.15) is 0 Å². The van der Waals surface area contributed by atoms with Gasteiger partial charge in [-0.1, -0.05) is 109 Å². The summed E-state index contributed by atoms with van der Waals surface area (Å²) in [5, 5.41) is 12.5. The molecule has 4 heteroatoms. The second-order valence-electron chi connectivity index (χ2n) is 9.73. The molecule has 0 amide bonds. The molecule has 1 aliphatic heterocycles. The summed E-state index contributed by atoms with van der Waals surface area (Å²) in [6.07, 6.45) is -0.198. The average molecular weight is 477 g/mol. The monoisotopic (exact) mass is 476 g/mol. The van der Waals surface area contributed by atoms with E-state index in [0.29, 0.717) is 0 Å². The molecule has 7 aromatic rings. The molecule has 3 heterocycles. The highest BCUT2D eigenvalue weighted by molar-refractivity contribution is 6.23. The largest absolute Gasteiger partial charge is 0.350 e. The number of nitrogens with zero attached hydrogens (tertiary/aromatic N) is 2. The number of aromatic nitrogens is 1. The van der Waals surface area contributed by atoms with E-state index in [1.165, 1.54) is 43.7 Å². The van der Waals surface area contributed by atoms with E-state index in [4.69, 9.17) is 4.99 Å². The maximum atomic E-state index is 5.16. The molecule has 2 N–H and O–H groups in total. The van der Waals surface area contributed by atoms with Gasteiger partial charge in [0.1, 0.15) is 18.2 Å². The second-order valence-corrected chi connectivity index (χ2v) is 9.73. The van der Waals surface area contributed by atoms with Crippen molar-refractivity contribution in [3.8, 4) is 0 Å². The van der Waals surface area contributed by atoms with Crippen LogP contribution in [0.25, 0.3) is 38.1 Å². The number of aliphatic imine (C=N–C) groups is 1. The van der Waals surface area contributed by atoms with Crippen LogP contribution in [0.4, 0.5) is 0 Å². The fourth-order valence-corrected chi connectivity index (χ4v) is 5.91. The molecule has 8 rings (SSSR count).